The number of imidazole rings is 1. The van der Waals surface area contributed by atoms with Gasteiger partial charge in [-0.15, -0.1) is 0 Å². The molecule has 7 nitrogen and oxygen atoms in total. The van der Waals surface area contributed by atoms with Crippen LogP contribution < -0.4 is 11.0 Å². The van der Waals surface area contributed by atoms with Crippen LogP contribution >= 0.6 is 0 Å². The molecule has 1 aromatic carbocycles. The van der Waals surface area contributed by atoms with E-state index in [1.54, 1.807) is 30.5 Å². The number of amides is 1. The van der Waals surface area contributed by atoms with Gasteiger partial charge in [-0.25, -0.2) is 9.59 Å². The normalized spacial score (nSPS) is 16.1. The van der Waals surface area contributed by atoms with Gasteiger partial charge in [0.25, 0.3) is 5.91 Å². The van der Waals surface area contributed by atoms with E-state index in [0.29, 0.717) is 24.1 Å². The molecule has 138 valence electrons. The van der Waals surface area contributed by atoms with Crippen molar-refractivity contribution in [3.05, 3.63) is 52.2 Å². The van der Waals surface area contributed by atoms with Crippen LogP contribution in [-0.4, -0.2) is 34.1 Å². The summed E-state index contributed by atoms with van der Waals surface area (Å²) in [6.07, 6.45) is 5.61. The summed E-state index contributed by atoms with van der Waals surface area (Å²) < 4.78 is 6.46. The van der Waals surface area contributed by atoms with Gasteiger partial charge in [0.05, 0.1) is 12.8 Å². The number of methoxy groups -OCH3 is 1. The predicted molar refractivity (Wildman–Crippen MR) is 96.4 cm³/mol. The lowest BCUT2D eigenvalue weighted by molar-refractivity contribution is -0.149. The molecular formula is C19H23N3O4. The quantitative estimate of drug-likeness (QED) is 0.819. The number of aromatic nitrogens is 2. The third-order valence-corrected chi connectivity index (χ3v) is 4.98. The first-order valence-corrected chi connectivity index (χ1v) is 8.75. The molecule has 0 aliphatic heterocycles. The average molecular weight is 357 g/mol. The van der Waals surface area contributed by atoms with Crippen LogP contribution in [0.15, 0.2) is 35.3 Å². The summed E-state index contributed by atoms with van der Waals surface area (Å²) >= 11 is 0. The van der Waals surface area contributed by atoms with E-state index in [4.69, 9.17) is 4.74 Å². The fourth-order valence-corrected chi connectivity index (χ4v) is 3.56. The van der Waals surface area contributed by atoms with Crippen LogP contribution in [0.4, 0.5) is 0 Å². The summed E-state index contributed by atoms with van der Waals surface area (Å²) in [5, 5.41) is 2.89. The number of rotatable bonds is 4. The maximum absolute atomic E-state index is 12.7. The number of hydrogen-bond donors (Lipinski definition) is 2. The van der Waals surface area contributed by atoms with Crippen LogP contribution in [0.3, 0.4) is 0 Å². The molecule has 1 heterocycles. The molecule has 1 amide bonds. The summed E-state index contributed by atoms with van der Waals surface area (Å²) in [4.78, 5) is 39.4. The minimum atomic E-state index is -0.948. The maximum Gasteiger partial charge on any atom is 0.331 e. The Balaban J connectivity index is 1.81. The largest absolute Gasteiger partial charge is 0.467 e. The second-order valence-corrected chi connectivity index (χ2v) is 6.71. The third-order valence-electron chi connectivity index (χ3n) is 4.98. The zero-order valence-electron chi connectivity index (χ0n) is 15.0. The number of esters is 1. The number of benzene rings is 1. The molecule has 0 bridgehead atoms. The molecule has 7 heteroatoms. The molecule has 1 aliphatic rings. The van der Waals surface area contributed by atoms with Crippen molar-refractivity contribution in [2.24, 2.45) is 0 Å². The second kappa shape index (κ2) is 7.19. The zero-order valence-corrected chi connectivity index (χ0v) is 15.0. The van der Waals surface area contributed by atoms with E-state index in [9.17, 15) is 14.4 Å². The van der Waals surface area contributed by atoms with E-state index in [-0.39, 0.29) is 11.6 Å². The van der Waals surface area contributed by atoms with Crippen LogP contribution in [0.2, 0.25) is 0 Å². The summed E-state index contributed by atoms with van der Waals surface area (Å²) in [6, 6.07) is 6.72. The molecule has 26 heavy (non-hydrogen) atoms. The SMILES string of the molecule is COC(=O)C1(NC(=O)c2ccc(-n3c(C)c[nH]c3=O)cc2)CCCCC1. The molecule has 1 fully saturated rings. The highest BCUT2D eigenvalue weighted by atomic mass is 16.5. The lowest BCUT2D eigenvalue weighted by Crippen LogP contribution is -2.56. The van der Waals surface area contributed by atoms with E-state index in [1.807, 2.05) is 6.92 Å². The van der Waals surface area contributed by atoms with Crippen LogP contribution in [0.25, 0.3) is 5.69 Å². The van der Waals surface area contributed by atoms with E-state index >= 15 is 0 Å². The molecule has 1 aliphatic carbocycles. The Morgan fingerprint density at radius 1 is 1.15 bits per heavy atom. The van der Waals surface area contributed by atoms with Gasteiger partial charge in [-0.2, -0.15) is 0 Å². The number of aromatic amines is 1. The number of ether oxygens (including phenoxy) is 1. The smallest absolute Gasteiger partial charge is 0.331 e. The van der Waals surface area contributed by atoms with Crippen molar-refractivity contribution in [1.82, 2.24) is 14.9 Å². The van der Waals surface area contributed by atoms with E-state index in [1.165, 1.54) is 11.7 Å². The molecule has 2 aromatic rings. The second-order valence-electron chi connectivity index (χ2n) is 6.71. The average Bonchev–Trinajstić information content (AvgIpc) is 3.00. The van der Waals surface area contributed by atoms with Crippen LogP contribution in [0, 0.1) is 6.92 Å². The van der Waals surface area contributed by atoms with Crippen LogP contribution in [0.1, 0.15) is 48.2 Å². The summed E-state index contributed by atoms with van der Waals surface area (Å²) in [6.45, 7) is 1.82. The highest BCUT2D eigenvalue weighted by Gasteiger charge is 2.42. The standard InChI is InChI=1S/C19H23N3O4/c1-13-12-20-18(25)22(13)15-8-6-14(7-9-15)16(23)21-19(17(24)26-2)10-4-3-5-11-19/h6-9,12H,3-5,10-11H2,1-2H3,(H,20,25)(H,21,23). The molecule has 0 spiro atoms. The van der Waals surface area contributed by atoms with Crippen molar-refractivity contribution in [3.63, 3.8) is 0 Å². The van der Waals surface area contributed by atoms with Crippen molar-refractivity contribution in [2.45, 2.75) is 44.6 Å². The fourth-order valence-electron chi connectivity index (χ4n) is 3.56. The molecule has 1 aromatic heterocycles. The Kier molecular flexibility index (Phi) is 4.97. The predicted octanol–water partition coefficient (Wildman–Crippen LogP) is 2.08. The van der Waals surface area contributed by atoms with Crippen molar-refractivity contribution in [1.29, 1.82) is 0 Å². The van der Waals surface area contributed by atoms with Gasteiger partial charge < -0.3 is 15.0 Å². The molecule has 1 saturated carbocycles. The van der Waals surface area contributed by atoms with Crippen molar-refractivity contribution in [2.75, 3.05) is 7.11 Å². The number of H-pyrrole nitrogens is 1. The Labute approximate surface area is 151 Å². The van der Waals surface area contributed by atoms with Gasteiger partial charge >= 0.3 is 11.7 Å². The number of nitrogens with one attached hydrogen (secondary N) is 2. The Morgan fingerprint density at radius 2 is 1.81 bits per heavy atom. The van der Waals surface area contributed by atoms with Gasteiger partial charge in [-0.1, -0.05) is 19.3 Å². The first kappa shape index (κ1) is 18.0. The lowest BCUT2D eigenvalue weighted by atomic mass is 9.81. The van der Waals surface area contributed by atoms with Gasteiger partial charge in [-0.3, -0.25) is 9.36 Å². The van der Waals surface area contributed by atoms with Crippen LogP contribution in [-0.2, 0) is 9.53 Å². The summed E-state index contributed by atoms with van der Waals surface area (Å²) in [7, 11) is 1.34. The van der Waals surface area contributed by atoms with Crippen molar-refractivity contribution < 1.29 is 14.3 Å². The van der Waals surface area contributed by atoms with Gasteiger partial charge in [0.15, 0.2) is 0 Å². The highest BCUT2D eigenvalue weighted by molar-refractivity contribution is 5.98. The van der Waals surface area contributed by atoms with Gasteiger partial charge in [0.2, 0.25) is 0 Å². The summed E-state index contributed by atoms with van der Waals surface area (Å²) in [5.74, 6) is -0.710. The first-order valence-electron chi connectivity index (χ1n) is 8.75. The molecule has 0 atom stereocenters. The van der Waals surface area contributed by atoms with E-state index < -0.39 is 11.5 Å². The number of hydrogen-bond acceptors (Lipinski definition) is 4. The van der Waals surface area contributed by atoms with Gasteiger partial charge in [-0.05, 0) is 44.0 Å². The minimum Gasteiger partial charge on any atom is -0.467 e. The van der Waals surface area contributed by atoms with Crippen molar-refractivity contribution in [3.8, 4) is 5.69 Å². The number of nitrogens with zero attached hydrogens (tertiary/aromatic N) is 1. The van der Waals surface area contributed by atoms with Gasteiger partial charge in [0.1, 0.15) is 5.54 Å². The Bertz CT molecular complexity index is 858. The zero-order chi connectivity index (χ0) is 18.7. The topological polar surface area (TPSA) is 93.2 Å². The number of aryl methyl sites for hydroxylation is 1. The maximum atomic E-state index is 12.7. The van der Waals surface area contributed by atoms with E-state index in [0.717, 1.165) is 25.0 Å². The molecule has 0 unspecified atom stereocenters. The molecular weight excluding hydrogens is 334 g/mol. The van der Waals surface area contributed by atoms with Crippen LogP contribution in [0.5, 0.6) is 0 Å². The van der Waals surface area contributed by atoms with Gasteiger partial charge in [0, 0.05) is 17.5 Å². The summed E-state index contributed by atoms with van der Waals surface area (Å²) in [5.41, 5.74) is 0.705. The Morgan fingerprint density at radius 3 is 2.35 bits per heavy atom. The van der Waals surface area contributed by atoms with Crippen molar-refractivity contribution >= 4 is 11.9 Å². The Hall–Kier alpha value is -2.83. The fraction of sp³-hybridized carbons (Fsp3) is 0.421. The first-order chi connectivity index (χ1) is 12.5. The number of carbonyl (C=O) groups excluding carboxylic acids is 2. The lowest BCUT2D eigenvalue weighted by Gasteiger charge is -2.35. The monoisotopic (exact) mass is 357 g/mol. The minimum absolute atomic E-state index is 0.230. The third kappa shape index (κ3) is 3.29. The number of carbonyl (C=O) groups is 2. The molecule has 3 rings (SSSR count). The highest BCUT2D eigenvalue weighted by Crippen LogP contribution is 2.29. The molecule has 0 radical (unpaired) electrons. The molecule has 0 saturated heterocycles. The molecule has 2 N–H and O–H groups in total. The van der Waals surface area contributed by atoms with E-state index in [2.05, 4.69) is 10.3 Å².